The lowest BCUT2D eigenvalue weighted by Gasteiger charge is -2.28. The summed E-state index contributed by atoms with van der Waals surface area (Å²) >= 11 is 0. The summed E-state index contributed by atoms with van der Waals surface area (Å²) < 4.78 is 5.66. The fourth-order valence-corrected chi connectivity index (χ4v) is 5.33. The fourth-order valence-electron chi connectivity index (χ4n) is 5.33. The Hall–Kier alpha value is -4.17. The normalized spacial score (nSPS) is 14.1. The first-order chi connectivity index (χ1) is 19.5. The van der Waals surface area contributed by atoms with Crippen LogP contribution >= 0.6 is 0 Å². The number of carboxylic acids is 1. The molecule has 0 saturated carbocycles. The van der Waals surface area contributed by atoms with E-state index in [0.29, 0.717) is 13.0 Å². The molecule has 3 N–H and O–H groups in total. The second-order valence-electron chi connectivity index (χ2n) is 11.9. The summed E-state index contributed by atoms with van der Waals surface area (Å²) in [6.45, 7) is 6.61. The Labute approximate surface area is 241 Å². The second-order valence-corrected chi connectivity index (χ2v) is 11.9. The predicted octanol–water partition coefficient (Wildman–Crippen LogP) is 5.03. The molecule has 0 aromatic heterocycles. The van der Waals surface area contributed by atoms with Crippen LogP contribution in [0.1, 0.15) is 49.8 Å². The minimum Gasteiger partial charge on any atom is -0.480 e. The summed E-state index contributed by atoms with van der Waals surface area (Å²) in [5.74, 6) is -1.82. The number of rotatable bonds is 11. The van der Waals surface area contributed by atoms with Gasteiger partial charge in [-0.3, -0.25) is 9.69 Å². The van der Waals surface area contributed by atoms with Gasteiger partial charge in [-0.25, -0.2) is 9.59 Å². The van der Waals surface area contributed by atoms with Crippen LogP contribution in [0.15, 0.2) is 78.9 Å². The molecule has 0 saturated heterocycles. The molecule has 0 spiro atoms. The summed E-state index contributed by atoms with van der Waals surface area (Å²) in [6, 6.07) is 23.7. The second kappa shape index (κ2) is 13.0. The number of nitrogens with zero attached hydrogens (tertiary/aromatic N) is 1. The van der Waals surface area contributed by atoms with Gasteiger partial charge in [0.15, 0.2) is 0 Å². The Balaban J connectivity index is 1.40. The van der Waals surface area contributed by atoms with Crippen LogP contribution in [0.2, 0.25) is 0 Å². The molecule has 2 amide bonds. The molecule has 1 aliphatic rings. The molecule has 8 heteroatoms. The molecule has 2 atom stereocenters. The third-order valence-corrected chi connectivity index (χ3v) is 7.17. The highest BCUT2D eigenvalue weighted by molar-refractivity contribution is 5.89. The Morgan fingerprint density at radius 3 is 1.98 bits per heavy atom. The molecule has 216 valence electrons. The predicted molar refractivity (Wildman–Crippen MR) is 158 cm³/mol. The number of hydrogen-bond acceptors (Lipinski definition) is 5. The number of alkyl carbamates (subject to hydrolysis) is 1. The fraction of sp³-hybridized carbons (Fsp3) is 0.364. The van der Waals surface area contributed by atoms with E-state index in [2.05, 4.69) is 22.8 Å². The highest BCUT2D eigenvalue weighted by atomic mass is 16.5. The lowest BCUT2D eigenvalue weighted by molar-refractivity contribution is -0.142. The number of aliphatic carboxylic acids is 1. The van der Waals surface area contributed by atoms with Crippen molar-refractivity contribution in [1.82, 2.24) is 15.5 Å². The summed E-state index contributed by atoms with van der Waals surface area (Å²) in [5.41, 5.74) is 5.15. The first-order valence-electron chi connectivity index (χ1n) is 13.9. The minimum atomic E-state index is -1.15. The van der Waals surface area contributed by atoms with E-state index in [9.17, 15) is 19.5 Å². The van der Waals surface area contributed by atoms with Crippen LogP contribution in [0, 0.1) is 5.41 Å². The van der Waals surface area contributed by atoms with Gasteiger partial charge in [0.2, 0.25) is 5.91 Å². The molecule has 0 heterocycles. The number of benzene rings is 3. The topological polar surface area (TPSA) is 108 Å². The molecule has 41 heavy (non-hydrogen) atoms. The maximum Gasteiger partial charge on any atom is 0.407 e. The van der Waals surface area contributed by atoms with Crippen molar-refractivity contribution in [3.05, 3.63) is 95.6 Å². The number of carbonyl (C=O) groups is 3. The number of ether oxygens (including phenoxy) is 1. The summed E-state index contributed by atoms with van der Waals surface area (Å²) in [5, 5.41) is 15.2. The number of fused-ring (bicyclic) bond motifs is 3. The minimum absolute atomic E-state index is 0.100. The molecule has 3 aromatic carbocycles. The third-order valence-electron chi connectivity index (χ3n) is 7.17. The number of nitrogens with one attached hydrogen (secondary N) is 2. The van der Waals surface area contributed by atoms with Gasteiger partial charge in [0.25, 0.3) is 0 Å². The van der Waals surface area contributed by atoms with Crippen molar-refractivity contribution in [2.45, 2.75) is 51.7 Å². The summed E-state index contributed by atoms with van der Waals surface area (Å²) in [4.78, 5) is 40.2. The molecule has 2 unspecified atom stereocenters. The Kier molecular flexibility index (Phi) is 9.45. The van der Waals surface area contributed by atoms with Gasteiger partial charge >= 0.3 is 12.1 Å². The maximum absolute atomic E-state index is 13.3. The van der Waals surface area contributed by atoms with E-state index in [1.165, 1.54) is 0 Å². The van der Waals surface area contributed by atoms with Crippen LogP contribution in [0.4, 0.5) is 4.79 Å². The molecule has 1 aliphatic carbocycles. The molecule has 0 radical (unpaired) electrons. The molecule has 8 nitrogen and oxygen atoms in total. The number of carbonyl (C=O) groups excluding carboxylic acids is 2. The van der Waals surface area contributed by atoms with E-state index < -0.39 is 30.1 Å². The number of amides is 2. The van der Waals surface area contributed by atoms with Crippen LogP contribution < -0.4 is 10.6 Å². The molecule has 4 rings (SSSR count). The molecule has 0 fully saturated rings. The van der Waals surface area contributed by atoms with Crippen LogP contribution in [0.25, 0.3) is 11.1 Å². The lowest BCUT2D eigenvalue weighted by Crippen LogP contribution is -2.55. The zero-order valence-electron chi connectivity index (χ0n) is 24.1. The van der Waals surface area contributed by atoms with E-state index >= 15 is 0 Å². The largest absolute Gasteiger partial charge is 0.480 e. The Bertz CT molecular complexity index is 1320. The van der Waals surface area contributed by atoms with E-state index in [1.54, 1.807) is 7.05 Å². The molecule has 0 bridgehead atoms. The zero-order chi connectivity index (χ0) is 29.6. The van der Waals surface area contributed by atoms with Crippen molar-refractivity contribution in [2.24, 2.45) is 5.41 Å². The Morgan fingerprint density at radius 1 is 0.854 bits per heavy atom. The number of carboxylic acid groups (broad SMARTS) is 1. The van der Waals surface area contributed by atoms with Gasteiger partial charge in [0.05, 0.1) is 0 Å². The standard InChI is InChI=1S/C33H39N3O5/c1-33(2,3)18-28(30(37)34-29(31(38)39)20-36(4)19-22-12-6-5-7-13-22)35-32(40)41-21-27-25-16-10-8-14-23(25)24-15-9-11-17-26(24)27/h5-17,27-29H,18-21H2,1-4H3,(H,34,37)(H,35,40)(H,38,39). The van der Waals surface area contributed by atoms with E-state index in [0.717, 1.165) is 27.8 Å². The number of likely N-dealkylation sites (N-methyl/N-ethyl adjacent to an activating group) is 1. The van der Waals surface area contributed by atoms with Crippen molar-refractivity contribution in [3.8, 4) is 11.1 Å². The lowest BCUT2D eigenvalue weighted by atomic mass is 9.87. The van der Waals surface area contributed by atoms with E-state index in [1.807, 2.05) is 92.4 Å². The van der Waals surface area contributed by atoms with E-state index in [4.69, 9.17) is 4.74 Å². The van der Waals surface area contributed by atoms with Crippen molar-refractivity contribution < 1.29 is 24.2 Å². The van der Waals surface area contributed by atoms with Gasteiger partial charge in [-0.2, -0.15) is 0 Å². The molecule has 3 aromatic rings. The molecular formula is C33H39N3O5. The summed E-state index contributed by atoms with van der Waals surface area (Å²) in [7, 11) is 1.80. The third kappa shape index (κ3) is 7.95. The highest BCUT2D eigenvalue weighted by Gasteiger charge is 2.32. The average Bonchev–Trinajstić information content (AvgIpc) is 3.24. The van der Waals surface area contributed by atoms with Gasteiger partial charge in [0.1, 0.15) is 18.7 Å². The summed E-state index contributed by atoms with van der Waals surface area (Å²) in [6.07, 6.45) is -0.417. The smallest absolute Gasteiger partial charge is 0.407 e. The van der Waals surface area contributed by atoms with Gasteiger partial charge in [-0.1, -0.05) is 99.6 Å². The van der Waals surface area contributed by atoms with Crippen LogP contribution in [-0.4, -0.2) is 60.3 Å². The quantitative estimate of drug-likeness (QED) is 0.305. The zero-order valence-corrected chi connectivity index (χ0v) is 24.1. The average molecular weight is 558 g/mol. The Morgan fingerprint density at radius 2 is 1.41 bits per heavy atom. The van der Waals surface area contributed by atoms with Crippen LogP contribution in [-0.2, 0) is 20.9 Å². The number of hydrogen-bond donors (Lipinski definition) is 3. The van der Waals surface area contributed by atoms with Gasteiger partial charge in [0, 0.05) is 19.0 Å². The first kappa shape index (κ1) is 29.8. The van der Waals surface area contributed by atoms with Gasteiger partial charge < -0.3 is 20.5 Å². The van der Waals surface area contributed by atoms with Gasteiger partial charge in [-0.15, -0.1) is 0 Å². The van der Waals surface area contributed by atoms with Crippen LogP contribution in [0.5, 0.6) is 0 Å². The highest BCUT2D eigenvalue weighted by Crippen LogP contribution is 2.44. The van der Waals surface area contributed by atoms with Crippen LogP contribution in [0.3, 0.4) is 0 Å². The van der Waals surface area contributed by atoms with E-state index in [-0.39, 0.29) is 24.5 Å². The first-order valence-corrected chi connectivity index (χ1v) is 13.9. The molecule has 0 aliphatic heterocycles. The van der Waals surface area contributed by atoms with Crippen molar-refractivity contribution in [2.75, 3.05) is 20.2 Å². The van der Waals surface area contributed by atoms with Crippen molar-refractivity contribution >= 4 is 18.0 Å². The molecular weight excluding hydrogens is 518 g/mol. The van der Waals surface area contributed by atoms with Crippen molar-refractivity contribution in [3.63, 3.8) is 0 Å². The maximum atomic E-state index is 13.3. The SMILES string of the molecule is CN(Cc1ccccc1)CC(NC(=O)C(CC(C)(C)C)NC(=O)OCC1c2ccccc2-c2ccccc21)C(=O)O. The monoisotopic (exact) mass is 557 g/mol. The van der Waals surface area contributed by atoms with Crippen molar-refractivity contribution in [1.29, 1.82) is 0 Å². The van der Waals surface area contributed by atoms with Gasteiger partial charge in [-0.05, 0) is 46.7 Å².